The number of aliphatic carboxylic acids is 1. The lowest BCUT2D eigenvalue weighted by Crippen LogP contribution is -2.48. The molecule has 0 bridgehead atoms. The Kier molecular flexibility index (Phi) is 18.8. The third-order valence-corrected chi connectivity index (χ3v) is 7.48. The number of carboxylic acids is 1. The first-order valence-corrected chi connectivity index (χ1v) is 15.8. The van der Waals surface area contributed by atoms with Crippen LogP contribution in [-0.4, -0.2) is 133 Å². The summed E-state index contributed by atoms with van der Waals surface area (Å²) in [6.45, 7) is 3.61. The second-order valence-electron chi connectivity index (χ2n) is 11.8. The van der Waals surface area contributed by atoms with Crippen LogP contribution >= 0.6 is 0 Å². The third kappa shape index (κ3) is 16.3. The fourth-order valence-electron chi connectivity index (χ4n) is 4.98. The predicted molar refractivity (Wildman–Crippen MR) is 168 cm³/mol. The number of carbonyl (C=O) groups excluding carboxylic acids is 7. The summed E-state index contributed by atoms with van der Waals surface area (Å²) in [5.41, 5.74) is 0. The zero-order chi connectivity index (χ0) is 35.5. The second-order valence-corrected chi connectivity index (χ2v) is 11.8. The molecule has 0 aromatic rings. The quantitative estimate of drug-likeness (QED) is 0.0637. The Bertz CT molecular complexity index is 1120. The van der Waals surface area contributed by atoms with Crippen LogP contribution in [0.3, 0.4) is 0 Å². The Labute approximate surface area is 275 Å². The maximum Gasteiger partial charge on any atom is 0.334 e. The normalized spacial score (nSPS) is 15.7. The molecule has 0 radical (unpaired) electrons. The molecule has 0 aromatic carbocycles. The monoisotopic (exact) mass is 669 g/mol. The number of nitrogens with zero attached hydrogens (tertiary/aromatic N) is 3. The largest absolute Gasteiger partial charge is 0.481 e. The van der Waals surface area contributed by atoms with Crippen LogP contribution in [0.2, 0.25) is 0 Å². The molecule has 5 N–H and O–H groups in total. The highest BCUT2D eigenvalue weighted by molar-refractivity contribution is 6.03. The number of imide groups is 1. The zero-order valence-electron chi connectivity index (χ0n) is 28.1. The predicted octanol–water partition coefficient (Wildman–Crippen LogP) is -1.24. The molecule has 1 saturated heterocycles. The minimum absolute atomic E-state index is 0.00582. The fraction of sp³-hybridized carbons (Fsp3) is 0.733. The van der Waals surface area contributed by atoms with Crippen LogP contribution in [0.1, 0.15) is 71.6 Å². The lowest BCUT2D eigenvalue weighted by Gasteiger charge is -2.28. The lowest BCUT2D eigenvalue weighted by molar-refractivity contribution is -0.198. The molecule has 1 rings (SSSR count). The van der Waals surface area contributed by atoms with Crippen molar-refractivity contribution in [2.24, 2.45) is 5.92 Å². The number of hydrogen-bond donors (Lipinski definition) is 5. The van der Waals surface area contributed by atoms with Crippen LogP contribution in [0.25, 0.3) is 0 Å². The van der Waals surface area contributed by atoms with Gasteiger partial charge in [0.25, 0.3) is 11.8 Å². The number of carbonyl (C=O) groups is 8. The molecule has 47 heavy (non-hydrogen) atoms. The molecule has 1 aliphatic rings. The van der Waals surface area contributed by atoms with E-state index >= 15 is 0 Å². The molecule has 17 nitrogen and oxygen atoms in total. The molecule has 0 aliphatic carbocycles. The number of nitrogens with one attached hydrogen (secondary N) is 4. The van der Waals surface area contributed by atoms with Gasteiger partial charge in [0.2, 0.25) is 23.6 Å². The van der Waals surface area contributed by atoms with Gasteiger partial charge in [-0.05, 0) is 59.7 Å². The van der Waals surface area contributed by atoms with Gasteiger partial charge in [0, 0.05) is 53.0 Å². The van der Waals surface area contributed by atoms with E-state index in [2.05, 4.69) is 21.3 Å². The van der Waals surface area contributed by atoms with Crippen molar-refractivity contribution < 1.29 is 48.3 Å². The smallest absolute Gasteiger partial charge is 0.334 e. The Morgan fingerprint density at radius 3 is 1.81 bits per heavy atom. The standard InChI is InChI=1S/C30H51N7O10/c1-20(38)31-14-8-6-10-23(35(3)4)28(44)34-17-13-27(43)47-37-25(40)18-22(30(37)46)19-36(5)24(11-7-9-15-32-21(2)39)29(45)33-16-12-26(41)42/h22-24H,6-19H2,1-5H3,(H,31,38)(H,32,39)(H,33,45)(H,34,44)(H,41,42). The van der Waals surface area contributed by atoms with Crippen LogP contribution in [0, 0.1) is 5.92 Å². The van der Waals surface area contributed by atoms with Crippen molar-refractivity contribution in [3.8, 4) is 0 Å². The maximum absolute atomic E-state index is 13.0. The molecule has 6 amide bonds. The fourth-order valence-corrected chi connectivity index (χ4v) is 4.98. The van der Waals surface area contributed by atoms with Gasteiger partial charge in [-0.15, -0.1) is 5.06 Å². The first-order valence-electron chi connectivity index (χ1n) is 15.8. The summed E-state index contributed by atoms with van der Waals surface area (Å²) in [4.78, 5) is 105. The topological polar surface area (TPSA) is 224 Å². The van der Waals surface area contributed by atoms with Crippen molar-refractivity contribution >= 4 is 47.4 Å². The highest BCUT2D eigenvalue weighted by Crippen LogP contribution is 2.23. The molecule has 266 valence electrons. The zero-order valence-corrected chi connectivity index (χ0v) is 28.1. The number of hydroxylamine groups is 2. The van der Waals surface area contributed by atoms with Crippen molar-refractivity contribution in [2.75, 3.05) is 53.9 Å². The second kappa shape index (κ2) is 21.6. The average molecular weight is 670 g/mol. The molecular weight excluding hydrogens is 618 g/mol. The van der Waals surface area contributed by atoms with E-state index in [1.165, 1.54) is 13.8 Å². The summed E-state index contributed by atoms with van der Waals surface area (Å²) >= 11 is 0. The SMILES string of the molecule is CC(=O)NCCCCC(C(=O)NCCC(=O)ON1C(=O)CC(CN(C)C(CCCCNC(C)=O)C(=O)NCCC(=O)O)C1=O)N(C)C. The summed E-state index contributed by atoms with van der Waals surface area (Å²) in [7, 11) is 5.12. The molecular formula is C30H51N7O10. The van der Waals surface area contributed by atoms with Gasteiger partial charge in [-0.1, -0.05) is 0 Å². The first kappa shape index (κ1) is 40.9. The van der Waals surface area contributed by atoms with Gasteiger partial charge in [-0.3, -0.25) is 43.4 Å². The van der Waals surface area contributed by atoms with Crippen molar-refractivity contribution in [1.82, 2.24) is 36.1 Å². The molecule has 0 aromatic heterocycles. The number of carboxylic acid groups (broad SMARTS) is 1. The van der Waals surface area contributed by atoms with E-state index in [1.807, 2.05) is 0 Å². The highest BCUT2D eigenvalue weighted by Gasteiger charge is 2.43. The highest BCUT2D eigenvalue weighted by atomic mass is 16.7. The minimum Gasteiger partial charge on any atom is -0.481 e. The third-order valence-electron chi connectivity index (χ3n) is 7.48. The summed E-state index contributed by atoms with van der Waals surface area (Å²) in [5.74, 6) is -5.31. The number of rotatable bonds is 23. The maximum atomic E-state index is 13.0. The molecule has 17 heteroatoms. The van der Waals surface area contributed by atoms with Gasteiger partial charge in [0.15, 0.2) is 0 Å². The van der Waals surface area contributed by atoms with Gasteiger partial charge in [0.05, 0.1) is 30.8 Å². The van der Waals surface area contributed by atoms with Gasteiger partial charge < -0.3 is 31.2 Å². The van der Waals surface area contributed by atoms with E-state index in [0.717, 1.165) is 0 Å². The summed E-state index contributed by atoms with van der Waals surface area (Å²) in [6.07, 6.45) is 2.64. The molecule has 3 atom stereocenters. The summed E-state index contributed by atoms with van der Waals surface area (Å²) < 4.78 is 0. The molecule has 0 spiro atoms. The van der Waals surface area contributed by atoms with Gasteiger partial charge in [-0.25, -0.2) is 4.79 Å². The van der Waals surface area contributed by atoms with Crippen LogP contribution in [0.4, 0.5) is 0 Å². The Morgan fingerprint density at radius 1 is 0.787 bits per heavy atom. The molecule has 1 heterocycles. The number of likely N-dealkylation sites (N-methyl/N-ethyl adjacent to an activating group) is 2. The Hall–Kier alpha value is -4.12. The summed E-state index contributed by atoms with van der Waals surface area (Å²) in [5, 5.41) is 19.9. The number of hydrogen-bond acceptors (Lipinski definition) is 11. The molecule has 3 unspecified atom stereocenters. The van der Waals surface area contributed by atoms with E-state index in [-0.39, 0.29) is 56.6 Å². The Morgan fingerprint density at radius 2 is 1.30 bits per heavy atom. The number of unbranched alkanes of at least 4 members (excludes halogenated alkanes) is 2. The van der Waals surface area contributed by atoms with E-state index in [4.69, 9.17) is 9.94 Å². The Balaban J connectivity index is 2.65. The van der Waals surface area contributed by atoms with Crippen molar-refractivity contribution in [3.05, 3.63) is 0 Å². The van der Waals surface area contributed by atoms with Gasteiger partial charge >= 0.3 is 11.9 Å². The summed E-state index contributed by atoms with van der Waals surface area (Å²) in [6, 6.07) is -1.20. The van der Waals surface area contributed by atoms with Crippen molar-refractivity contribution in [1.29, 1.82) is 0 Å². The van der Waals surface area contributed by atoms with Gasteiger partial charge in [0.1, 0.15) is 0 Å². The van der Waals surface area contributed by atoms with E-state index in [9.17, 15) is 38.4 Å². The van der Waals surface area contributed by atoms with Crippen molar-refractivity contribution in [3.63, 3.8) is 0 Å². The lowest BCUT2D eigenvalue weighted by atomic mass is 10.0. The number of amides is 6. The minimum atomic E-state index is -1.07. The molecule has 1 fully saturated rings. The van der Waals surface area contributed by atoms with Crippen LogP contribution < -0.4 is 21.3 Å². The van der Waals surface area contributed by atoms with Crippen LogP contribution in [-0.2, 0) is 43.2 Å². The molecule has 1 aliphatic heterocycles. The van der Waals surface area contributed by atoms with Crippen LogP contribution in [0.15, 0.2) is 0 Å². The van der Waals surface area contributed by atoms with E-state index in [1.54, 1.807) is 30.9 Å². The first-order chi connectivity index (χ1) is 22.1. The van der Waals surface area contributed by atoms with Crippen molar-refractivity contribution in [2.45, 2.75) is 83.7 Å². The average Bonchev–Trinajstić information content (AvgIpc) is 3.22. The van der Waals surface area contributed by atoms with E-state index < -0.39 is 47.7 Å². The van der Waals surface area contributed by atoms with Gasteiger partial charge in [-0.2, -0.15) is 0 Å². The molecule has 0 saturated carbocycles. The van der Waals surface area contributed by atoms with E-state index in [0.29, 0.717) is 56.7 Å². The van der Waals surface area contributed by atoms with Crippen LogP contribution in [0.5, 0.6) is 0 Å².